The Morgan fingerprint density at radius 2 is 1.19 bits per heavy atom. The summed E-state index contributed by atoms with van der Waals surface area (Å²) >= 11 is 0. The third-order valence-electron chi connectivity index (χ3n) is 6.38. The average molecular weight is 520 g/mol. The zero-order chi connectivity index (χ0) is 26.4. The van der Waals surface area contributed by atoms with Crippen molar-refractivity contribution < 1.29 is 45.7 Å². The molecule has 3 aromatic rings. The largest absolute Gasteiger partial charge is 0.432 e. The number of halogens is 9. The SMILES string of the molecule is CC1CCC(c2cc(F)c(-c3cc(F)c(C(F)(F)Oc4cc(F)c(F)c(F)c4)c(F)c3)c(F)c2)CC1.[HH]. The van der Waals surface area contributed by atoms with E-state index in [0.717, 1.165) is 37.8 Å². The van der Waals surface area contributed by atoms with Gasteiger partial charge in [0, 0.05) is 13.6 Å². The first kappa shape index (κ1) is 25.9. The van der Waals surface area contributed by atoms with Crippen molar-refractivity contribution in [1.29, 1.82) is 0 Å². The molecule has 0 heterocycles. The molecule has 36 heavy (non-hydrogen) atoms. The highest BCUT2D eigenvalue weighted by Crippen LogP contribution is 2.40. The number of alkyl halides is 2. The molecule has 0 amide bonds. The van der Waals surface area contributed by atoms with Crippen molar-refractivity contribution in [3.05, 3.63) is 88.2 Å². The number of hydrogen-bond donors (Lipinski definition) is 0. The first-order valence-corrected chi connectivity index (χ1v) is 11.1. The molecular weight excluding hydrogens is 499 g/mol. The van der Waals surface area contributed by atoms with E-state index in [9.17, 15) is 39.5 Å². The first-order chi connectivity index (χ1) is 16.9. The summed E-state index contributed by atoms with van der Waals surface area (Å²) in [6, 6.07) is 2.86. The summed E-state index contributed by atoms with van der Waals surface area (Å²) in [5, 5.41) is 0. The monoisotopic (exact) mass is 520 g/mol. The predicted molar refractivity (Wildman–Crippen MR) is 115 cm³/mol. The zero-order valence-corrected chi connectivity index (χ0v) is 18.8. The van der Waals surface area contributed by atoms with Crippen LogP contribution in [0.4, 0.5) is 39.5 Å². The van der Waals surface area contributed by atoms with Gasteiger partial charge < -0.3 is 4.74 Å². The lowest BCUT2D eigenvalue weighted by atomic mass is 9.79. The molecule has 1 aliphatic rings. The highest BCUT2D eigenvalue weighted by atomic mass is 19.3. The number of ether oxygens (including phenoxy) is 1. The van der Waals surface area contributed by atoms with Gasteiger partial charge in [-0.15, -0.1) is 0 Å². The zero-order valence-electron chi connectivity index (χ0n) is 18.8. The second kappa shape index (κ2) is 9.71. The van der Waals surface area contributed by atoms with Crippen molar-refractivity contribution in [3.8, 4) is 16.9 Å². The molecule has 0 atom stereocenters. The summed E-state index contributed by atoms with van der Waals surface area (Å²) in [4.78, 5) is 0. The van der Waals surface area contributed by atoms with Gasteiger partial charge in [0.15, 0.2) is 17.5 Å². The summed E-state index contributed by atoms with van der Waals surface area (Å²) < 4.78 is 132. The number of rotatable bonds is 5. The topological polar surface area (TPSA) is 9.23 Å². The van der Waals surface area contributed by atoms with Crippen LogP contribution in [0.1, 0.15) is 51.1 Å². The molecule has 0 N–H and O–H groups in total. The smallest absolute Gasteiger partial charge is 0.429 e. The first-order valence-electron chi connectivity index (χ1n) is 11.1. The standard InChI is InChI=1S/C26H19F9O.H2/c1-12-2-4-13(5-3-12)14-6-17(27)23(18(28)7-14)15-8-19(29)24(20(30)9-15)26(34,35)36-16-10-21(31)25(33)22(32)11-16;/h6-13H,2-5H2,1H3;1H. The minimum absolute atomic E-state index is 0. The summed E-state index contributed by atoms with van der Waals surface area (Å²) in [5.41, 5.74) is -3.05. The Morgan fingerprint density at radius 3 is 1.69 bits per heavy atom. The summed E-state index contributed by atoms with van der Waals surface area (Å²) in [6.07, 6.45) is -1.58. The second-order valence-corrected chi connectivity index (χ2v) is 8.95. The van der Waals surface area contributed by atoms with Gasteiger partial charge in [0.2, 0.25) is 0 Å². The van der Waals surface area contributed by atoms with Crippen LogP contribution in [0.3, 0.4) is 0 Å². The van der Waals surface area contributed by atoms with Crippen LogP contribution in [-0.2, 0) is 6.11 Å². The van der Waals surface area contributed by atoms with Gasteiger partial charge in [0.1, 0.15) is 34.6 Å². The van der Waals surface area contributed by atoms with E-state index in [1.54, 1.807) is 0 Å². The van der Waals surface area contributed by atoms with E-state index in [1.807, 2.05) is 0 Å². The molecule has 0 spiro atoms. The second-order valence-electron chi connectivity index (χ2n) is 8.95. The fourth-order valence-corrected chi connectivity index (χ4v) is 4.48. The molecule has 1 fully saturated rings. The molecule has 0 saturated heterocycles. The Balaban J connectivity index is 0.00000380. The molecule has 0 aliphatic heterocycles. The Morgan fingerprint density at radius 1 is 0.694 bits per heavy atom. The van der Waals surface area contributed by atoms with Crippen LogP contribution in [0.2, 0.25) is 0 Å². The van der Waals surface area contributed by atoms with Crippen molar-refractivity contribution in [2.24, 2.45) is 5.92 Å². The normalized spacial score (nSPS) is 18.4. The molecule has 1 nitrogen and oxygen atoms in total. The van der Waals surface area contributed by atoms with E-state index in [4.69, 9.17) is 0 Å². The lowest BCUT2D eigenvalue weighted by Gasteiger charge is -2.26. The van der Waals surface area contributed by atoms with Gasteiger partial charge in [0.25, 0.3) is 0 Å². The maximum atomic E-state index is 14.9. The van der Waals surface area contributed by atoms with Crippen molar-refractivity contribution in [1.82, 2.24) is 0 Å². The van der Waals surface area contributed by atoms with Gasteiger partial charge in [-0.05, 0) is 60.1 Å². The maximum absolute atomic E-state index is 14.9. The fraction of sp³-hybridized carbons (Fsp3) is 0.308. The van der Waals surface area contributed by atoms with E-state index in [0.29, 0.717) is 23.6 Å². The average Bonchev–Trinajstić information content (AvgIpc) is 2.76. The van der Waals surface area contributed by atoms with E-state index < -0.39 is 69.3 Å². The Kier molecular flexibility index (Phi) is 6.99. The molecule has 3 aromatic carbocycles. The van der Waals surface area contributed by atoms with Gasteiger partial charge in [-0.25, -0.2) is 30.7 Å². The third-order valence-corrected chi connectivity index (χ3v) is 6.38. The lowest BCUT2D eigenvalue weighted by molar-refractivity contribution is -0.189. The third kappa shape index (κ3) is 5.03. The molecule has 0 unspecified atom stereocenters. The van der Waals surface area contributed by atoms with E-state index in [-0.39, 0.29) is 19.5 Å². The molecule has 0 bridgehead atoms. The Bertz CT molecular complexity index is 1230. The van der Waals surface area contributed by atoms with Gasteiger partial charge in [-0.3, -0.25) is 0 Å². The van der Waals surface area contributed by atoms with Gasteiger partial charge in [-0.2, -0.15) is 8.78 Å². The minimum atomic E-state index is -4.82. The van der Waals surface area contributed by atoms with Crippen molar-refractivity contribution >= 4 is 0 Å². The maximum Gasteiger partial charge on any atom is 0.432 e. The van der Waals surface area contributed by atoms with Crippen LogP contribution >= 0.6 is 0 Å². The highest BCUT2D eigenvalue weighted by Gasteiger charge is 2.42. The van der Waals surface area contributed by atoms with Gasteiger partial charge in [0.05, 0.1) is 5.56 Å². The van der Waals surface area contributed by atoms with Crippen molar-refractivity contribution in [2.45, 2.75) is 44.6 Å². The summed E-state index contributed by atoms with van der Waals surface area (Å²) in [5.74, 6) is -12.6. The summed E-state index contributed by atoms with van der Waals surface area (Å²) in [6.45, 7) is 2.08. The van der Waals surface area contributed by atoms with Crippen molar-refractivity contribution in [2.75, 3.05) is 0 Å². The molecule has 1 saturated carbocycles. The molecule has 0 radical (unpaired) electrons. The van der Waals surface area contributed by atoms with E-state index in [2.05, 4.69) is 11.7 Å². The quantitative estimate of drug-likeness (QED) is 0.241. The van der Waals surface area contributed by atoms with Gasteiger partial charge in [-0.1, -0.05) is 19.8 Å². The van der Waals surface area contributed by atoms with Crippen molar-refractivity contribution in [3.63, 3.8) is 0 Å². The number of benzene rings is 3. The Hall–Kier alpha value is -3.17. The summed E-state index contributed by atoms with van der Waals surface area (Å²) in [7, 11) is 0. The molecule has 10 heteroatoms. The molecule has 194 valence electrons. The van der Waals surface area contributed by atoms with Crippen LogP contribution in [-0.4, -0.2) is 0 Å². The Labute approximate surface area is 202 Å². The molecular formula is C26H21F9O. The fourth-order valence-electron chi connectivity index (χ4n) is 4.48. The van der Waals surface area contributed by atoms with Gasteiger partial charge >= 0.3 is 6.11 Å². The van der Waals surface area contributed by atoms with Crippen LogP contribution in [0.15, 0.2) is 36.4 Å². The lowest BCUT2D eigenvalue weighted by Crippen LogP contribution is -2.25. The van der Waals surface area contributed by atoms with E-state index >= 15 is 0 Å². The van der Waals surface area contributed by atoms with Crippen LogP contribution < -0.4 is 4.74 Å². The minimum Gasteiger partial charge on any atom is -0.429 e. The van der Waals surface area contributed by atoms with Crippen LogP contribution in [0, 0.1) is 46.6 Å². The van der Waals surface area contributed by atoms with E-state index in [1.165, 1.54) is 0 Å². The predicted octanol–water partition coefficient (Wildman–Crippen LogP) is 9.00. The molecule has 1 aliphatic carbocycles. The highest BCUT2D eigenvalue weighted by molar-refractivity contribution is 5.66. The molecule has 4 rings (SSSR count). The molecule has 0 aromatic heterocycles. The van der Waals surface area contributed by atoms with Crippen LogP contribution in [0.25, 0.3) is 11.1 Å². The van der Waals surface area contributed by atoms with Crippen LogP contribution in [0.5, 0.6) is 5.75 Å². The number of hydrogen-bond acceptors (Lipinski definition) is 1.